The fraction of sp³-hybridized carbons (Fsp3) is 0.562. The van der Waals surface area contributed by atoms with E-state index in [4.69, 9.17) is 10.5 Å². The summed E-state index contributed by atoms with van der Waals surface area (Å²) in [4.78, 5) is 12.4. The fourth-order valence-electron chi connectivity index (χ4n) is 2.70. The summed E-state index contributed by atoms with van der Waals surface area (Å²) in [5.41, 5.74) is 6.19. The molecule has 0 unspecified atom stereocenters. The number of hydrogen-bond donors (Lipinski definition) is 3. The zero-order valence-corrected chi connectivity index (χ0v) is 14.6. The van der Waals surface area contributed by atoms with E-state index in [-0.39, 0.29) is 36.0 Å². The highest BCUT2D eigenvalue weighted by molar-refractivity contribution is 7.89. The molecule has 1 aliphatic carbocycles. The van der Waals surface area contributed by atoms with Crippen LogP contribution < -0.4 is 15.8 Å². The molecule has 0 aliphatic heterocycles. The Kier molecular flexibility index (Phi) is 6.73. The normalized spacial score (nSPS) is 21.4. The number of carbonyl (C=O) groups excluding carboxylic acids is 1. The van der Waals surface area contributed by atoms with Gasteiger partial charge in [-0.1, -0.05) is 6.07 Å². The van der Waals surface area contributed by atoms with E-state index in [0.29, 0.717) is 5.56 Å². The Labute approximate surface area is 143 Å². The zero-order chi connectivity index (χ0) is 17.6. The van der Waals surface area contributed by atoms with E-state index in [1.165, 1.54) is 19.2 Å². The third-order valence-corrected chi connectivity index (χ3v) is 5.57. The number of nitrogens with one attached hydrogen (secondary N) is 2. The summed E-state index contributed by atoms with van der Waals surface area (Å²) in [5, 5.41) is 2.96. The van der Waals surface area contributed by atoms with Gasteiger partial charge in [0.1, 0.15) is 0 Å². The van der Waals surface area contributed by atoms with Crippen molar-refractivity contribution in [2.75, 3.05) is 20.3 Å². The van der Waals surface area contributed by atoms with E-state index < -0.39 is 10.0 Å². The second-order valence-electron chi connectivity index (χ2n) is 6.00. The van der Waals surface area contributed by atoms with Gasteiger partial charge in [0, 0.05) is 31.3 Å². The van der Waals surface area contributed by atoms with Gasteiger partial charge in [-0.15, -0.1) is 0 Å². The number of methoxy groups -OCH3 is 1. The Bertz CT molecular complexity index is 655. The Morgan fingerprint density at radius 1 is 1.29 bits per heavy atom. The smallest absolute Gasteiger partial charge is 0.251 e. The van der Waals surface area contributed by atoms with Crippen LogP contribution in [0.15, 0.2) is 29.2 Å². The van der Waals surface area contributed by atoms with Crippen molar-refractivity contribution in [3.63, 3.8) is 0 Å². The average molecular weight is 355 g/mol. The first-order valence-electron chi connectivity index (χ1n) is 8.07. The van der Waals surface area contributed by atoms with E-state index >= 15 is 0 Å². The summed E-state index contributed by atoms with van der Waals surface area (Å²) in [6, 6.07) is 6.33. The van der Waals surface area contributed by atoms with E-state index in [9.17, 15) is 13.2 Å². The van der Waals surface area contributed by atoms with Crippen molar-refractivity contribution in [1.82, 2.24) is 10.0 Å². The van der Waals surface area contributed by atoms with Crippen molar-refractivity contribution in [3.8, 4) is 0 Å². The molecule has 0 spiro atoms. The Morgan fingerprint density at radius 2 is 2.00 bits per heavy atom. The highest BCUT2D eigenvalue weighted by Crippen LogP contribution is 2.18. The van der Waals surface area contributed by atoms with E-state index in [0.717, 1.165) is 25.7 Å². The second kappa shape index (κ2) is 8.57. The van der Waals surface area contributed by atoms with Crippen LogP contribution in [0.3, 0.4) is 0 Å². The highest BCUT2D eigenvalue weighted by atomic mass is 32.2. The lowest BCUT2D eigenvalue weighted by atomic mass is 9.91. The van der Waals surface area contributed by atoms with Crippen molar-refractivity contribution in [3.05, 3.63) is 29.8 Å². The lowest BCUT2D eigenvalue weighted by molar-refractivity contribution is 0.0925. The minimum absolute atomic E-state index is 0.0666. The molecule has 1 aliphatic rings. The lowest BCUT2D eigenvalue weighted by Gasteiger charge is -2.26. The number of amides is 1. The molecule has 8 heteroatoms. The first-order chi connectivity index (χ1) is 11.4. The number of nitrogens with two attached hydrogens (primary N) is 1. The number of ether oxygens (including phenoxy) is 1. The summed E-state index contributed by atoms with van der Waals surface area (Å²) < 4.78 is 31.6. The monoisotopic (exact) mass is 355 g/mol. The molecule has 1 fully saturated rings. The highest BCUT2D eigenvalue weighted by Gasteiger charge is 2.21. The molecule has 1 amide bonds. The van der Waals surface area contributed by atoms with Crippen molar-refractivity contribution in [2.24, 2.45) is 5.73 Å². The van der Waals surface area contributed by atoms with Gasteiger partial charge in [-0.2, -0.15) is 0 Å². The van der Waals surface area contributed by atoms with Gasteiger partial charge in [-0.25, -0.2) is 13.1 Å². The van der Waals surface area contributed by atoms with Crippen molar-refractivity contribution < 1.29 is 17.9 Å². The first kappa shape index (κ1) is 18.9. The molecule has 24 heavy (non-hydrogen) atoms. The van der Waals surface area contributed by atoms with Crippen LogP contribution in [0.25, 0.3) is 0 Å². The number of rotatable bonds is 7. The number of sulfonamides is 1. The van der Waals surface area contributed by atoms with Gasteiger partial charge in [0.05, 0.1) is 11.5 Å². The van der Waals surface area contributed by atoms with Gasteiger partial charge in [0.25, 0.3) is 5.91 Å². The maximum absolute atomic E-state index is 12.4. The van der Waals surface area contributed by atoms with Crippen LogP contribution in [0.1, 0.15) is 36.0 Å². The summed E-state index contributed by atoms with van der Waals surface area (Å²) in [6.45, 7) is 0.459. The van der Waals surface area contributed by atoms with Crippen molar-refractivity contribution >= 4 is 15.9 Å². The van der Waals surface area contributed by atoms with Crippen molar-refractivity contribution in [1.29, 1.82) is 0 Å². The zero-order valence-electron chi connectivity index (χ0n) is 13.8. The SMILES string of the molecule is COCCNS(=O)(=O)c1cccc(C(=O)NC2CCC(N)CC2)c1. The molecule has 0 saturated heterocycles. The topological polar surface area (TPSA) is 111 Å². The molecule has 134 valence electrons. The molecular formula is C16H25N3O4S. The quantitative estimate of drug-likeness (QED) is 0.621. The van der Waals surface area contributed by atoms with E-state index in [1.54, 1.807) is 12.1 Å². The third kappa shape index (κ3) is 5.27. The fourth-order valence-corrected chi connectivity index (χ4v) is 3.76. The van der Waals surface area contributed by atoms with Gasteiger partial charge in [0.15, 0.2) is 0 Å². The largest absolute Gasteiger partial charge is 0.383 e. The van der Waals surface area contributed by atoms with Crippen LogP contribution in [0.4, 0.5) is 0 Å². The van der Waals surface area contributed by atoms with E-state index in [2.05, 4.69) is 10.0 Å². The molecule has 7 nitrogen and oxygen atoms in total. The van der Waals surface area contributed by atoms with Crippen molar-refractivity contribution in [2.45, 2.75) is 42.7 Å². The van der Waals surface area contributed by atoms with Crippen LogP contribution in [0.2, 0.25) is 0 Å². The molecule has 0 atom stereocenters. The molecule has 1 aromatic carbocycles. The third-order valence-electron chi connectivity index (χ3n) is 4.11. The predicted octanol–water partition coefficient (Wildman–Crippen LogP) is 0.611. The van der Waals surface area contributed by atoms with Crippen LogP contribution in [0, 0.1) is 0 Å². The molecule has 1 aromatic rings. The lowest BCUT2D eigenvalue weighted by Crippen LogP contribution is -2.40. The summed E-state index contributed by atoms with van der Waals surface area (Å²) in [6.07, 6.45) is 3.48. The second-order valence-corrected chi connectivity index (χ2v) is 7.77. The molecule has 2 rings (SSSR count). The summed E-state index contributed by atoms with van der Waals surface area (Å²) >= 11 is 0. The molecule has 0 heterocycles. The van der Waals surface area contributed by atoms with Gasteiger partial charge in [-0.3, -0.25) is 4.79 Å². The standard InChI is InChI=1S/C16H25N3O4S/c1-23-10-9-18-24(21,22)15-4-2-3-12(11-15)16(20)19-14-7-5-13(17)6-8-14/h2-4,11,13-14,18H,5-10,17H2,1H3,(H,19,20). The number of carbonyl (C=O) groups is 1. The molecule has 0 aromatic heterocycles. The van der Waals surface area contributed by atoms with E-state index in [1.807, 2.05) is 0 Å². The van der Waals surface area contributed by atoms with Crippen LogP contribution in [0.5, 0.6) is 0 Å². The Balaban J connectivity index is 2.02. The molecule has 4 N–H and O–H groups in total. The Morgan fingerprint density at radius 3 is 2.67 bits per heavy atom. The molecule has 0 radical (unpaired) electrons. The maximum atomic E-state index is 12.4. The Hall–Kier alpha value is -1.48. The van der Waals surface area contributed by atoms with Crippen LogP contribution in [-0.4, -0.2) is 46.7 Å². The molecule has 1 saturated carbocycles. The number of hydrogen-bond acceptors (Lipinski definition) is 5. The van der Waals surface area contributed by atoms with Crippen LogP contribution >= 0.6 is 0 Å². The number of benzene rings is 1. The minimum atomic E-state index is -3.66. The van der Waals surface area contributed by atoms with Crippen LogP contribution in [-0.2, 0) is 14.8 Å². The van der Waals surface area contributed by atoms with Gasteiger partial charge in [0.2, 0.25) is 10.0 Å². The summed E-state index contributed by atoms with van der Waals surface area (Å²) in [5.74, 6) is -0.260. The van der Waals surface area contributed by atoms with Gasteiger partial charge >= 0.3 is 0 Å². The summed E-state index contributed by atoms with van der Waals surface area (Å²) in [7, 11) is -2.16. The maximum Gasteiger partial charge on any atom is 0.251 e. The first-order valence-corrected chi connectivity index (χ1v) is 9.56. The predicted molar refractivity (Wildman–Crippen MR) is 91.2 cm³/mol. The minimum Gasteiger partial charge on any atom is -0.383 e. The molecule has 0 bridgehead atoms. The van der Waals surface area contributed by atoms with Gasteiger partial charge < -0.3 is 15.8 Å². The average Bonchev–Trinajstić information content (AvgIpc) is 2.57. The molecular weight excluding hydrogens is 330 g/mol. The van der Waals surface area contributed by atoms with Gasteiger partial charge in [-0.05, 0) is 43.9 Å².